The Bertz CT molecular complexity index is 599. The first kappa shape index (κ1) is 15.9. The highest BCUT2D eigenvalue weighted by Gasteiger charge is 2.12. The molecule has 2 nitrogen and oxygen atoms in total. The van der Waals surface area contributed by atoms with E-state index in [9.17, 15) is 8.78 Å². The lowest BCUT2D eigenvalue weighted by molar-refractivity contribution is 0.287. The van der Waals surface area contributed by atoms with Gasteiger partial charge in [0, 0.05) is 12.1 Å². The molecule has 0 unspecified atom stereocenters. The second-order valence-electron chi connectivity index (χ2n) is 4.50. The topological polar surface area (TPSA) is 21.3 Å². The zero-order valence-corrected chi connectivity index (χ0v) is 13.2. The van der Waals surface area contributed by atoms with Gasteiger partial charge in [0.2, 0.25) is 0 Å². The van der Waals surface area contributed by atoms with Crippen molar-refractivity contribution in [1.29, 1.82) is 0 Å². The van der Waals surface area contributed by atoms with Crippen LogP contribution in [-0.2, 0) is 13.2 Å². The molecule has 0 bridgehead atoms. The van der Waals surface area contributed by atoms with E-state index in [-0.39, 0.29) is 12.2 Å². The number of benzene rings is 2. The monoisotopic (exact) mass is 355 g/mol. The number of rotatable bonds is 6. The summed E-state index contributed by atoms with van der Waals surface area (Å²) in [7, 11) is 0. The van der Waals surface area contributed by atoms with Crippen molar-refractivity contribution in [2.24, 2.45) is 0 Å². The highest BCUT2D eigenvalue weighted by Crippen LogP contribution is 2.30. The Balaban J connectivity index is 2.19. The number of halogens is 3. The van der Waals surface area contributed by atoms with Gasteiger partial charge in [-0.15, -0.1) is 0 Å². The lowest BCUT2D eigenvalue weighted by Gasteiger charge is -2.14. The third-order valence-electron chi connectivity index (χ3n) is 3.04. The molecular weight excluding hydrogens is 340 g/mol. The van der Waals surface area contributed by atoms with Crippen molar-refractivity contribution in [3.63, 3.8) is 0 Å². The normalized spacial score (nSPS) is 10.7. The van der Waals surface area contributed by atoms with Crippen LogP contribution >= 0.6 is 15.9 Å². The molecule has 2 aromatic rings. The van der Waals surface area contributed by atoms with Crippen molar-refractivity contribution in [1.82, 2.24) is 5.32 Å². The number of para-hydroxylation sites is 1. The molecule has 0 aromatic heterocycles. The third-order valence-corrected chi connectivity index (χ3v) is 3.66. The van der Waals surface area contributed by atoms with E-state index in [1.54, 1.807) is 0 Å². The van der Waals surface area contributed by atoms with E-state index in [2.05, 4.69) is 21.2 Å². The van der Waals surface area contributed by atoms with Crippen LogP contribution in [0, 0.1) is 11.6 Å². The van der Waals surface area contributed by atoms with Gasteiger partial charge in [0.15, 0.2) is 0 Å². The van der Waals surface area contributed by atoms with Crippen molar-refractivity contribution < 1.29 is 13.5 Å². The highest BCUT2D eigenvalue weighted by atomic mass is 79.9. The van der Waals surface area contributed by atoms with Gasteiger partial charge in [-0.25, -0.2) is 8.78 Å². The summed E-state index contributed by atoms with van der Waals surface area (Å²) in [5.74, 6) is -0.605. The molecule has 2 aromatic carbocycles. The molecule has 0 saturated carbocycles. The third kappa shape index (κ3) is 4.02. The summed E-state index contributed by atoms with van der Waals surface area (Å²) in [6.07, 6.45) is 0. The molecular formula is C16H16BrF2NO. The van der Waals surface area contributed by atoms with Gasteiger partial charge in [0.25, 0.3) is 0 Å². The van der Waals surface area contributed by atoms with Crippen LogP contribution < -0.4 is 10.1 Å². The molecule has 2 rings (SSSR count). The highest BCUT2D eigenvalue weighted by molar-refractivity contribution is 9.10. The standard InChI is InChI=1S/C16H16BrF2NO/c1-2-20-9-11-5-3-6-13(17)16(11)21-10-12-14(18)7-4-8-15(12)19/h3-8,20H,2,9-10H2,1H3. The van der Waals surface area contributed by atoms with E-state index in [4.69, 9.17) is 4.74 Å². The molecule has 0 aliphatic rings. The SMILES string of the molecule is CCNCc1cccc(Br)c1OCc1c(F)cccc1F. The van der Waals surface area contributed by atoms with Gasteiger partial charge < -0.3 is 10.1 Å². The Morgan fingerprint density at radius 1 is 1.10 bits per heavy atom. The van der Waals surface area contributed by atoms with Gasteiger partial charge in [-0.2, -0.15) is 0 Å². The predicted octanol–water partition coefficient (Wildman–Crippen LogP) is 4.42. The van der Waals surface area contributed by atoms with Crippen LogP contribution in [0.3, 0.4) is 0 Å². The van der Waals surface area contributed by atoms with E-state index in [0.717, 1.165) is 16.6 Å². The van der Waals surface area contributed by atoms with E-state index in [0.29, 0.717) is 12.3 Å². The molecule has 0 aliphatic heterocycles. The molecule has 0 atom stereocenters. The summed E-state index contributed by atoms with van der Waals surface area (Å²) < 4.78 is 33.6. The van der Waals surface area contributed by atoms with Gasteiger partial charge in [-0.05, 0) is 40.7 Å². The summed E-state index contributed by atoms with van der Waals surface area (Å²) in [5, 5.41) is 3.20. The maximum absolute atomic E-state index is 13.6. The van der Waals surface area contributed by atoms with E-state index in [1.807, 2.05) is 25.1 Å². The van der Waals surface area contributed by atoms with Crippen molar-refractivity contribution in [2.75, 3.05) is 6.54 Å². The lowest BCUT2D eigenvalue weighted by Crippen LogP contribution is -2.13. The fraction of sp³-hybridized carbons (Fsp3) is 0.250. The van der Waals surface area contributed by atoms with Crippen LogP contribution in [0.15, 0.2) is 40.9 Å². The summed E-state index contributed by atoms with van der Waals surface area (Å²) in [6, 6.07) is 9.43. The maximum atomic E-state index is 13.6. The predicted molar refractivity (Wildman–Crippen MR) is 82.2 cm³/mol. The Hall–Kier alpha value is -1.46. The fourth-order valence-electron chi connectivity index (χ4n) is 1.93. The minimum absolute atomic E-state index is 0.0670. The van der Waals surface area contributed by atoms with Crippen LogP contribution in [0.25, 0.3) is 0 Å². The van der Waals surface area contributed by atoms with Gasteiger partial charge in [0.05, 0.1) is 10.0 Å². The minimum Gasteiger partial charge on any atom is -0.487 e. The summed E-state index contributed by atoms with van der Waals surface area (Å²) in [5.41, 5.74) is 0.866. The molecule has 0 fully saturated rings. The van der Waals surface area contributed by atoms with Crippen LogP contribution in [0.2, 0.25) is 0 Å². The van der Waals surface area contributed by atoms with Crippen LogP contribution in [-0.4, -0.2) is 6.54 Å². The first-order chi connectivity index (χ1) is 10.1. The number of ether oxygens (including phenoxy) is 1. The van der Waals surface area contributed by atoms with Crippen molar-refractivity contribution >= 4 is 15.9 Å². The maximum Gasteiger partial charge on any atom is 0.138 e. The van der Waals surface area contributed by atoms with Gasteiger partial charge in [-0.3, -0.25) is 0 Å². The molecule has 0 amide bonds. The molecule has 5 heteroatoms. The van der Waals surface area contributed by atoms with Crippen molar-refractivity contribution in [2.45, 2.75) is 20.1 Å². The van der Waals surface area contributed by atoms with Gasteiger partial charge in [-0.1, -0.05) is 25.1 Å². The molecule has 0 spiro atoms. The van der Waals surface area contributed by atoms with Crippen LogP contribution in [0.1, 0.15) is 18.1 Å². The molecule has 0 aliphatic carbocycles. The Morgan fingerprint density at radius 3 is 2.43 bits per heavy atom. The summed E-state index contributed by atoms with van der Waals surface area (Å²) in [6.45, 7) is 3.31. The molecule has 0 saturated heterocycles. The van der Waals surface area contributed by atoms with Crippen LogP contribution in [0.5, 0.6) is 5.75 Å². The number of hydrogen-bond acceptors (Lipinski definition) is 2. The van der Waals surface area contributed by atoms with E-state index in [1.165, 1.54) is 18.2 Å². The zero-order chi connectivity index (χ0) is 15.2. The first-order valence-electron chi connectivity index (χ1n) is 6.67. The number of nitrogens with one attached hydrogen (secondary N) is 1. The Labute approximate surface area is 131 Å². The number of hydrogen-bond donors (Lipinski definition) is 1. The van der Waals surface area contributed by atoms with Crippen molar-refractivity contribution in [3.8, 4) is 5.75 Å². The second kappa shape index (κ2) is 7.52. The quantitative estimate of drug-likeness (QED) is 0.828. The summed E-state index contributed by atoms with van der Waals surface area (Å²) >= 11 is 3.41. The molecule has 0 radical (unpaired) electrons. The fourth-order valence-corrected chi connectivity index (χ4v) is 2.45. The Morgan fingerprint density at radius 2 is 1.76 bits per heavy atom. The van der Waals surface area contributed by atoms with E-state index < -0.39 is 11.6 Å². The second-order valence-corrected chi connectivity index (χ2v) is 5.35. The van der Waals surface area contributed by atoms with Crippen LogP contribution in [0.4, 0.5) is 8.78 Å². The lowest BCUT2D eigenvalue weighted by atomic mass is 10.2. The smallest absolute Gasteiger partial charge is 0.138 e. The van der Waals surface area contributed by atoms with Gasteiger partial charge in [0.1, 0.15) is 24.0 Å². The first-order valence-corrected chi connectivity index (χ1v) is 7.46. The average molecular weight is 356 g/mol. The Kier molecular flexibility index (Phi) is 5.70. The molecule has 0 heterocycles. The molecule has 1 N–H and O–H groups in total. The largest absolute Gasteiger partial charge is 0.487 e. The van der Waals surface area contributed by atoms with E-state index >= 15 is 0 Å². The minimum atomic E-state index is -0.602. The molecule has 21 heavy (non-hydrogen) atoms. The zero-order valence-electron chi connectivity index (χ0n) is 11.6. The summed E-state index contributed by atoms with van der Waals surface area (Å²) in [4.78, 5) is 0. The van der Waals surface area contributed by atoms with Gasteiger partial charge >= 0.3 is 0 Å². The molecule has 112 valence electrons. The van der Waals surface area contributed by atoms with Crippen molar-refractivity contribution in [3.05, 3.63) is 63.6 Å². The average Bonchev–Trinajstić information content (AvgIpc) is 2.46.